The van der Waals surface area contributed by atoms with Crippen molar-refractivity contribution in [1.82, 2.24) is 15.5 Å². The monoisotopic (exact) mass is 353 g/mol. The summed E-state index contributed by atoms with van der Waals surface area (Å²) in [4.78, 5) is 2.54. The second kappa shape index (κ2) is 9.54. The molecule has 2 N–H and O–H groups in total. The van der Waals surface area contributed by atoms with Crippen molar-refractivity contribution in [3.63, 3.8) is 0 Å². The molecule has 0 bridgehead atoms. The first-order chi connectivity index (χ1) is 12.3. The van der Waals surface area contributed by atoms with Gasteiger partial charge in [0, 0.05) is 19.6 Å². The van der Waals surface area contributed by atoms with E-state index in [0.29, 0.717) is 0 Å². The Kier molecular flexibility index (Phi) is 6.83. The minimum atomic E-state index is 0.729. The van der Waals surface area contributed by atoms with E-state index in [0.717, 1.165) is 31.2 Å². The van der Waals surface area contributed by atoms with Crippen LogP contribution in [0.1, 0.15) is 29.5 Å². The highest BCUT2D eigenvalue weighted by Gasteiger charge is 2.13. The van der Waals surface area contributed by atoms with Crippen molar-refractivity contribution in [2.75, 3.05) is 19.6 Å². The van der Waals surface area contributed by atoms with E-state index in [2.05, 4.69) is 64.1 Å². The molecule has 2 aromatic rings. The zero-order chi connectivity index (χ0) is 17.3. The summed E-state index contributed by atoms with van der Waals surface area (Å²) in [5, 5.41) is 7.38. The Bertz CT molecular complexity index is 666. The lowest BCUT2D eigenvalue weighted by molar-refractivity contribution is 0.330. The van der Waals surface area contributed by atoms with Gasteiger partial charge in [-0.3, -0.25) is 4.90 Å². The fraction of sp³-hybridized carbons (Fsp3) is 0.381. The first-order valence-corrected chi connectivity index (χ1v) is 9.57. The molecule has 2 aromatic carbocycles. The van der Waals surface area contributed by atoms with Gasteiger partial charge < -0.3 is 10.6 Å². The molecule has 1 aliphatic rings. The molecule has 3 nitrogen and oxygen atoms in total. The maximum Gasteiger partial charge on any atom is 0.166 e. The van der Waals surface area contributed by atoms with Gasteiger partial charge in [0.15, 0.2) is 5.11 Å². The SMILES string of the molecule is S=C(NCCc1ccccc1)NCc1ccccc1CN1CCCC1. The molecule has 1 aliphatic heterocycles. The quantitative estimate of drug-likeness (QED) is 0.745. The van der Waals surface area contributed by atoms with Crippen LogP contribution in [-0.4, -0.2) is 29.6 Å². The van der Waals surface area contributed by atoms with Gasteiger partial charge in [-0.1, -0.05) is 54.6 Å². The summed E-state index contributed by atoms with van der Waals surface area (Å²) in [7, 11) is 0. The number of nitrogens with one attached hydrogen (secondary N) is 2. The summed E-state index contributed by atoms with van der Waals surface area (Å²) in [6.45, 7) is 5.13. The zero-order valence-electron chi connectivity index (χ0n) is 14.7. The third kappa shape index (κ3) is 5.83. The summed E-state index contributed by atoms with van der Waals surface area (Å²) in [6, 6.07) is 19.2. The first-order valence-electron chi connectivity index (χ1n) is 9.16. The largest absolute Gasteiger partial charge is 0.362 e. The standard InChI is InChI=1S/C21H27N3S/c25-21(22-13-12-18-8-2-1-3-9-18)23-16-19-10-4-5-11-20(19)17-24-14-6-7-15-24/h1-5,8-11H,6-7,12-17H2,(H2,22,23,25). The number of benzene rings is 2. The second-order valence-electron chi connectivity index (χ2n) is 6.60. The molecule has 1 fully saturated rings. The van der Waals surface area contributed by atoms with Crippen molar-refractivity contribution in [2.24, 2.45) is 0 Å². The van der Waals surface area contributed by atoms with Gasteiger partial charge >= 0.3 is 0 Å². The molecule has 1 heterocycles. The van der Waals surface area contributed by atoms with E-state index in [-0.39, 0.29) is 0 Å². The lowest BCUT2D eigenvalue weighted by Gasteiger charge is -2.18. The average molecular weight is 354 g/mol. The fourth-order valence-corrected chi connectivity index (χ4v) is 3.44. The van der Waals surface area contributed by atoms with E-state index in [9.17, 15) is 0 Å². The van der Waals surface area contributed by atoms with Crippen molar-refractivity contribution in [3.05, 3.63) is 71.3 Å². The van der Waals surface area contributed by atoms with E-state index in [1.807, 2.05) is 6.07 Å². The highest BCUT2D eigenvalue weighted by atomic mass is 32.1. The molecule has 0 radical (unpaired) electrons. The van der Waals surface area contributed by atoms with Crippen LogP contribution in [0.2, 0.25) is 0 Å². The normalized spacial score (nSPS) is 14.4. The molecule has 0 spiro atoms. The molecule has 3 rings (SSSR count). The number of likely N-dealkylation sites (tertiary alicyclic amines) is 1. The van der Waals surface area contributed by atoms with Crippen LogP contribution in [0, 0.1) is 0 Å². The third-order valence-corrected chi connectivity index (χ3v) is 4.98. The van der Waals surface area contributed by atoms with Crippen molar-refractivity contribution in [1.29, 1.82) is 0 Å². The second-order valence-corrected chi connectivity index (χ2v) is 7.01. The Hall–Kier alpha value is -1.91. The number of rotatable bonds is 7. The van der Waals surface area contributed by atoms with Gasteiger partial charge in [0.1, 0.15) is 0 Å². The van der Waals surface area contributed by atoms with Gasteiger partial charge in [-0.2, -0.15) is 0 Å². The first kappa shape index (κ1) is 17.9. The predicted octanol–water partition coefficient (Wildman–Crippen LogP) is 3.49. The molecule has 1 saturated heterocycles. The highest BCUT2D eigenvalue weighted by molar-refractivity contribution is 7.80. The Balaban J connectivity index is 1.43. The van der Waals surface area contributed by atoms with E-state index in [1.54, 1.807) is 0 Å². The van der Waals surface area contributed by atoms with Gasteiger partial charge in [-0.25, -0.2) is 0 Å². The van der Waals surface area contributed by atoms with Gasteiger partial charge in [0.05, 0.1) is 0 Å². The van der Waals surface area contributed by atoms with Crippen molar-refractivity contribution in [3.8, 4) is 0 Å². The summed E-state index contributed by atoms with van der Waals surface area (Å²) < 4.78 is 0. The van der Waals surface area contributed by atoms with Gasteiger partial charge in [-0.05, 0) is 61.3 Å². The summed E-state index contributed by atoms with van der Waals surface area (Å²) in [5.74, 6) is 0. The van der Waals surface area contributed by atoms with Crippen LogP contribution in [0.5, 0.6) is 0 Å². The van der Waals surface area contributed by atoms with E-state index in [1.165, 1.54) is 42.6 Å². The number of hydrogen-bond acceptors (Lipinski definition) is 2. The van der Waals surface area contributed by atoms with E-state index < -0.39 is 0 Å². The van der Waals surface area contributed by atoms with Gasteiger partial charge in [0.2, 0.25) is 0 Å². The maximum absolute atomic E-state index is 5.42. The fourth-order valence-electron chi connectivity index (χ4n) is 3.27. The molecule has 0 atom stereocenters. The molecule has 4 heteroatoms. The molecular weight excluding hydrogens is 326 g/mol. The number of thiocarbonyl (C=S) groups is 1. The molecule has 0 saturated carbocycles. The van der Waals surface area contributed by atoms with Crippen LogP contribution in [0.15, 0.2) is 54.6 Å². The number of nitrogens with zero attached hydrogens (tertiary/aromatic N) is 1. The van der Waals surface area contributed by atoms with Crippen LogP contribution in [-0.2, 0) is 19.5 Å². The van der Waals surface area contributed by atoms with Crippen LogP contribution in [0.4, 0.5) is 0 Å². The maximum atomic E-state index is 5.42. The summed E-state index contributed by atoms with van der Waals surface area (Å²) in [5.41, 5.74) is 4.07. The Morgan fingerprint density at radius 1 is 0.880 bits per heavy atom. The van der Waals surface area contributed by atoms with Crippen molar-refractivity contribution >= 4 is 17.3 Å². The zero-order valence-corrected chi connectivity index (χ0v) is 15.5. The van der Waals surface area contributed by atoms with Crippen molar-refractivity contribution < 1.29 is 0 Å². The van der Waals surface area contributed by atoms with E-state index >= 15 is 0 Å². The lowest BCUT2D eigenvalue weighted by Crippen LogP contribution is -2.36. The Morgan fingerprint density at radius 2 is 1.56 bits per heavy atom. The van der Waals surface area contributed by atoms with Gasteiger partial charge in [0.25, 0.3) is 0 Å². The number of hydrogen-bond donors (Lipinski definition) is 2. The average Bonchev–Trinajstić information content (AvgIpc) is 3.15. The summed E-state index contributed by atoms with van der Waals surface area (Å²) in [6.07, 6.45) is 3.64. The molecule has 0 aromatic heterocycles. The molecule has 25 heavy (non-hydrogen) atoms. The molecule has 0 aliphatic carbocycles. The van der Waals surface area contributed by atoms with Crippen LogP contribution in [0.25, 0.3) is 0 Å². The van der Waals surface area contributed by atoms with Crippen LogP contribution in [0.3, 0.4) is 0 Å². The van der Waals surface area contributed by atoms with Crippen LogP contribution >= 0.6 is 12.2 Å². The minimum absolute atomic E-state index is 0.729. The lowest BCUT2D eigenvalue weighted by atomic mass is 10.1. The van der Waals surface area contributed by atoms with E-state index in [4.69, 9.17) is 12.2 Å². The molecule has 0 unspecified atom stereocenters. The topological polar surface area (TPSA) is 27.3 Å². The molecule has 132 valence electrons. The van der Waals surface area contributed by atoms with Crippen LogP contribution < -0.4 is 10.6 Å². The Morgan fingerprint density at radius 3 is 2.32 bits per heavy atom. The smallest absolute Gasteiger partial charge is 0.166 e. The predicted molar refractivity (Wildman–Crippen MR) is 109 cm³/mol. The third-order valence-electron chi connectivity index (χ3n) is 4.69. The highest BCUT2D eigenvalue weighted by Crippen LogP contribution is 2.16. The molecular formula is C21H27N3S. The Labute approximate surface area is 156 Å². The minimum Gasteiger partial charge on any atom is -0.362 e. The molecule has 0 amide bonds. The van der Waals surface area contributed by atoms with Crippen molar-refractivity contribution in [2.45, 2.75) is 32.4 Å². The summed E-state index contributed by atoms with van der Waals surface area (Å²) >= 11 is 5.42. The van der Waals surface area contributed by atoms with Gasteiger partial charge in [-0.15, -0.1) is 0 Å².